The molecule has 0 atom stereocenters. The molecule has 0 amide bonds. The molecule has 1 aliphatic heterocycles. The standard InChI is InChI=1S/C18H28N2O3.C2H6/c1-14(2)18(3)11-20(12-18)13-19(4)9-10-23-16-7-5-15(6-8-16)17(21)22;1-2/h5-8,14H,9-13H2,1-4H3,(H,21,22);1-2H3. The molecule has 25 heavy (non-hydrogen) atoms. The Bertz CT molecular complexity index is 522. The number of hydrogen-bond donors (Lipinski definition) is 1. The molecule has 2 rings (SSSR count). The maximum Gasteiger partial charge on any atom is 0.335 e. The van der Waals surface area contributed by atoms with Crippen LogP contribution in [0.2, 0.25) is 0 Å². The Balaban J connectivity index is 0.00000151. The van der Waals surface area contributed by atoms with Gasteiger partial charge in [0.25, 0.3) is 0 Å². The van der Waals surface area contributed by atoms with E-state index in [0.717, 1.165) is 32.2 Å². The number of ether oxygens (including phenoxy) is 1. The van der Waals surface area contributed by atoms with Crippen molar-refractivity contribution in [2.24, 2.45) is 11.3 Å². The van der Waals surface area contributed by atoms with Gasteiger partial charge in [-0.3, -0.25) is 9.80 Å². The van der Waals surface area contributed by atoms with Gasteiger partial charge in [0.05, 0.1) is 12.2 Å². The highest BCUT2D eigenvalue weighted by Crippen LogP contribution is 2.36. The second-order valence-electron chi connectivity index (χ2n) is 7.19. The number of carboxylic acids is 1. The second kappa shape index (κ2) is 9.78. The molecule has 1 aliphatic rings. The minimum absolute atomic E-state index is 0.278. The molecule has 0 unspecified atom stereocenters. The van der Waals surface area contributed by atoms with Crippen LogP contribution in [0.15, 0.2) is 24.3 Å². The number of carbonyl (C=O) groups is 1. The number of benzene rings is 1. The first kappa shape index (κ1) is 21.5. The quantitative estimate of drug-likeness (QED) is 0.775. The second-order valence-corrected chi connectivity index (χ2v) is 7.19. The first-order valence-corrected chi connectivity index (χ1v) is 9.17. The molecular weight excluding hydrogens is 316 g/mol. The van der Waals surface area contributed by atoms with E-state index in [1.54, 1.807) is 24.3 Å². The average Bonchev–Trinajstić information content (AvgIpc) is 2.55. The number of nitrogens with zero attached hydrogens (tertiary/aromatic N) is 2. The van der Waals surface area contributed by atoms with Crippen LogP contribution >= 0.6 is 0 Å². The molecule has 0 spiro atoms. The number of hydrogen-bond acceptors (Lipinski definition) is 4. The van der Waals surface area contributed by atoms with Gasteiger partial charge in [-0.25, -0.2) is 4.79 Å². The van der Waals surface area contributed by atoms with Crippen LogP contribution < -0.4 is 4.74 Å². The van der Waals surface area contributed by atoms with E-state index in [-0.39, 0.29) is 5.56 Å². The van der Waals surface area contributed by atoms with Crippen LogP contribution in [0.25, 0.3) is 0 Å². The van der Waals surface area contributed by atoms with Crippen molar-refractivity contribution in [1.29, 1.82) is 0 Å². The fourth-order valence-electron chi connectivity index (χ4n) is 2.87. The smallest absolute Gasteiger partial charge is 0.335 e. The van der Waals surface area contributed by atoms with Gasteiger partial charge in [0.1, 0.15) is 12.4 Å². The molecule has 0 saturated carbocycles. The summed E-state index contributed by atoms with van der Waals surface area (Å²) in [6, 6.07) is 6.53. The lowest BCUT2D eigenvalue weighted by atomic mass is 9.73. The van der Waals surface area contributed by atoms with Gasteiger partial charge in [0.15, 0.2) is 0 Å². The Labute approximate surface area is 152 Å². The van der Waals surface area contributed by atoms with Crippen LogP contribution in [0.3, 0.4) is 0 Å². The number of rotatable bonds is 8. The Morgan fingerprint density at radius 2 is 1.84 bits per heavy atom. The third-order valence-electron chi connectivity index (χ3n) is 4.85. The van der Waals surface area contributed by atoms with Gasteiger partial charge in [-0.2, -0.15) is 0 Å². The van der Waals surface area contributed by atoms with Gasteiger partial charge in [0.2, 0.25) is 0 Å². The molecule has 1 saturated heterocycles. The average molecular weight is 351 g/mol. The molecule has 1 N–H and O–H groups in total. The third-order valence-corrected chi connectivity index (χ3v) is 4.85. The fourth-order valence-corrected chi connectivity index (χ4v) is 2.87. The van der Waals surface area contributed by atoms with E-state index >= 15 is 0 Å². The van der Waals surface area contributed by atoms with Crippen LogP contribution in [0.1, 0.15) is 45.0 Å². The Kier molecular flexibility index (Phi) is 8.39. The van der Waals surface area contributed by atoms with E-state index in [0.29, 0.717) is 17.8 Å². The van der Waals surface area contributed by atoms with Crippen molar-refractivity contribution in [2.45, 2.75) is 34.6 Å². The maximum atomic E-state index is 10.8. The van der Waals surface area contributed by atoms with Crippen LogP contribution in [-0.2, 0) is 0 Å². The predicted molar refractivity (Wildman–Crippen MR) is 102 cm³/mol. The van der Waals surface area contributed by atoms with E-state index in [1.807, 2.05) is 13.8 Å². The van der Waals surface area contributed by atoms with Crippen molar-refractivity contribution in [3.8, 4) is 5.75 Å². The van der Waals surface area contributed by atoms with Gasteiger partial charge in [-0.15, -0.1) is 0 Å². The van der Waals surface area contributed by atoms with Gasteiger partial charge in [-0.05, 0) is 42.6 Å². The first-order valence-electron chi connectivity index (χ1n) is 9.17. The summed E-state index contributed by atoms with van der Waals surface area (Å²) in [7, 11) is 2.10. The molecular formula is C20H34N2O3. The molecule has 0 aromatic heterocycles. The van der Waals surface area contributed by atoms with Crippen LogP contribution in [-0.4, -0.2) is 60.8 Å². The highest BCUT2D eigenvalue weighted by atomic mass is 16.5. The lowest BCUT2D eigenvalue weighted by Gasteiger charge is -2.51. The summed E-state index contributed by atoms with van der Waals surface area (Å²) in [6.45, 7) is 15.7. The third kappa shape index (κ3) is 6.33. The molecule has 1 fully saturated rings. The molecule has 1 heterocycles. The van der Waals surface area contributed by atoms with Crippen molar-refractivity contribution < 1.29 is 14.6 Å². The van der Waals surface area contributed by atoms with E-state index in [2.05, 4.69) is 37.6 Å². The maximum absolute atomic E-state index is 10.8. The first-order chi connectivity index (χ1) is 11.8. The van der Waals surface area contributed by atoms with Crippen LogP contribution in [0.4, 0.5) is 0 Å². The molecule has 5 heteroatoms. The summed E-state index contributed by atoms with van der Waals surface area (Å²) in [6.07, 6.45) is 0. The van der Waals surface area contributed by atoms with E-state index in [9.17, 15) is 4.79 Å². The molecule has 0 aliphatic carbocycles. The molecule has 0 bridgehead atoms. The Morgan fingerprint density at radius 1 is 1.28 bits per heavy atom. The fraction of sp³-hybridized carbons (Fsp3) is 0.650. The summed E-state index contributed by atoms with van der Waals surface area (Å²) in [5.41, 5.74) is 0.740. The predicted octanol–water partition coefficient (Wildman–Crippen LogP) is 3.66. The monoisotopic (exact) mass is 350 g/mol. The summed E-state index contributed by atoms with van der Waals surface area (Å²) < 4.78 is 5.67. The number of carboxylic acid groups (broad SMARTS) is 1. The zero-order valence-electron chi connectivity index (χ0n) is 16.6. The van der Waals surface area contributed by atoms with Gasteiger partial charge >= 0.3 is 5.97 Å². The number of likely N-dealkylation sites (tertiary alicyclic amines) is 1. The molecule has 142 valence electrons. The van der Waals surface area contributed by atoms with Gasteiger partial charge < -0.3 is 9.84 Å². The zero-order valence-corrected chi connectivity index (χ0v) is 16.6. The number of likely N-dealkylation sites (N-methyl/N-ethyl adjacent to an activating group) is 1. The van der Waals surface area contributed by atoms with E-state index < -0.39 is 5.97 Å². The SMILES string of the molecule is CC.CC(C)C1(C)CN(CN(C)CCOc2ccc(C(=O)O)cc2)C1. The zero-order chi connectivity index (χ0) is 19.0. The minimum atomic E-state index is -0.917. The number of aromatic carboxylic acids is 1. The van der Waals surface area contributed by atoms with Crippen LogP contribution in [0, 0.1) is 11.3 Å². The normalized spacial score (nSPS) is 16.2. The van der Waals surface area contributed by atoms with E-state index in [1.165, 1.54) is 0 Å². The van der Waals surface area contributed by atoms with Gasteiger partial charge in [-0.1, -0.05) is 34.6 Å². The van der Waals surface area contributed by atoms with E-state index in [4.69, 9.17) is 9.84 Å². The molecule has 0 radical (unpaired) electrons. The van der Waals surface area contributed by atoms with Crippen molar-refractivity contribution in [3.63, 3.8) is 0 Å². The Hall–Kier alpha value is -1.59. The summed E-state index contributed by atoms with van der Waals surface area (Å²) >= 11 is 0. The lowest BCUT2D eigenvalue weighted by molar-refractivity contribution is -0.0489. The van der Waals surface area contributed by atoms with Crippen molar-refractivity contribution in [3.05, 3.63) is 29.8 Å². The Morgan fingerprint density at radius 3 is 2.32 bits per heavy atom. The highest BCUT2D eigenvalue weighted by molar-refractivity contribution is 5.87. The molecule has 1 aromatic carbocycles. The van der Waals surface area contributed by atoms with Gasteiger partial charge in [0, 0.05) is 19.6 Å². The summed E-state index contributed by atoms with van der Waals surface area (Å²) in [5, 5.41) is 8.86. The lowest BCUT2D eigenvalue weighted by Crippen LogP contribution is -2.59. The summed E-state index contributed by atoms with van der Waals surface area (Å²) in [5.74, 6) is 0.514. The molecule has 5 nitrogen and oxygen atoms in total. The molecule has 1 aromatic rings. The topological polar surface area (TPSA) is 53.0 Å². The van der Waals surface area contributed by atoms with Crippen LogP contribution in [0.5, 0.6) is 5.75 Å². The van der Waals surface area contributed by atoms with Crippen molar-refractivity contribution >= 4 is 5.97 Å². The van der Waals surface area contributed by atoms with Crippen molar-refractivity contribution in [2.75, 3.05) is 40.0 Å². The minimum Gasteiger partial charge on any atom is -0.492 e. The highest BCUT2D eigenvalue weighted by Gasteiger charge is 2.40. The summed E-state index contributed by atoms with van der Waals surface area (Å²) in [4.78, 5) is 15.5. The largest absolute Gasteiger partial charge is 0.492 e. The van der Waals surface area contributed by atoms with Crippen molar-refractivity contribution in [1.82, 2.24) is 9.80 Å².